The molecule has 0 nitrogen and oxygen atoms in total. The lowest BCUT2D eigenvalue weighted by atomic mass is 9.74. The van der Waals surface area contributed by atoms with E-state index in [1.165, 1.54) is 117 Å². The third-order valence-corrected chi connectivity index (χ3v) is 13.5. The number of hydrogen-bond donors (Lipinski definition) is 0. The fourth-order valence-electron chi connectivity index (χ4n) is 10.9. The Kier molecular flexibility index (Phi) is 10.4. The smallest absolute Gasteiger partial charge is 0.0365 e. The molecule has 314 valence electrons. The SMILES string of the molecule is c1ccc(-c2c(-c3ccccc3)c(-c3ccccc3)c3c(c2-c2ccccc2)-c2c(-c4ccccc4)c(-c4ccccc4)c(-c4ccccc4)c(-c4ccccc4)c2C3c2ccccc2)cc1. The first-order chi connectivity index (χ1) is 33.3. The van der Waals surface area contributed by atoms with Crippen LogP contribution >= 0.6 is 0 Å². The molecule has 67 heavy (non-hydrogen) atoms. The van der Waals surface area contributed by atoms with Gasteiger partial charge >= 0.3 is 0 Å². The van der Waals surface area contributed by atoms with Gasteiger partial charge in [0.05, 0.1) is 0 Å². The van der Waals surface area contributed by atoms with Gasteiger partial charge in [0.15, 0.2) is 0 Å². The summed E-state index contributed by atoms with van der Waals surface area (Å²) in [5, 5.41) is 0. The van der Waals surface area contributed by atoms with Crippen LogP contribution in [-0.4, -0.2) is 0 Å². The second kappa shape index (κ2) is 17.4. The van der Waals surface area contributed by atoms with Gasteiger partial charge in [0.2, 0.25) is 0 Å². The van der Waals surface area contributed by atoms with Crippen LogP contribution in [0.25, 0.3) is 100 Å². The minimum atomic E-state index is -0.166. The Morgan fingerprint density at radius 1 is 0.149 bits per heavy atom. The Morgan fingerprint density at radius 3 is 0.537 bits per heavy atom. The van der Waals surface area contributed by atoms with E-state index in [2.05, 4.69) is 273 Å². The summed E-state index contributed by atoms with van der Waals surface area (Å²) in [4.78, 5) is 0. The van der Waals surface area contributed by atoms with Crippen LogP contribution in [0.4, 0.5) is 0 Å². The Hall–Kier alpha value is -8.58. The number of hydrogen-bond acceptors (Lipinski definition) is 0. The van der Waals surface area contributed by atoms with E-state index in [4.69, 9.17) is 0 Å². The first kappa shape index (κ1) is 40.0. The Balaban J connectivity index is 1.44. The van der Waals surface area contributed by atoms with Crippen LogP contribution in [0.1, 0.15) is 22.6 Å². The van der Waals surface area contributed by atoms with E-state index in [0.29, 0.717) is 0 Å². The quantitative estimate of drug-likeness (QED) is 0.136. The monoisotopic (exact) mass is 850 g/mol. The molecule has 0 fully saturated rings. The van der Waals surface area contributed by atoms with Gasteiger partial charge in [0.1, 0.15) is 0 Å². The molecule has 1 aliphatic rings. The lowest BCUT2D eigenvalue weighted by Gasteiger charge is -2.28. The molecule has 0 spiro atoms. The van der Waals surface area contributed by atoms with Gasteiger partial charge < -0.3 is 0 Å². The van der Waals surface area contributed by atoms with Gasteiger partial charge in [0, 0.05) is 5.92 Å². The molecule has 0 aliphatic heterocycles. The Bertz CT molecular complexity index is 3260. The van der Waals surface area contributed by atoms with Crippen molar-refractivity contribution >= 4 is 0 Å². The number of rotatable bonds is 9. The number of benzene rings is 11. The zero-order valence-electron chi connectivity index (χ0n) is 37.1. The summed E-state index contributed by atoms with van der Waals surface area (Å²) < 4.78 is 0. The van der Waals surface area contributed by atoms with Crippen molar-refractivity contribution in [3.05, 3.63) is 290 Å². The average molecular weight is 851 g/mol. The van der Waals surface area contributed by atoms with E-state index in [0.717, 1.165) is 0 Å². The molecular formula is C67H46. The molecule has 0 heteroatoms. The van der Waals surface area contributed by atoms with Gasteiger partial charge in [0.25, 0.3) is 0 Å². The van der Waals surface area contributed by atoms with Crippen LogP contribution in [0.3, 0.4) is 0 Å². The van der Waals surface area contributed by atoms with Crippen LogP contribution in [0, 0.1) is 0 Å². The molecule has 12 rings (SSSR count). The van der Waals surface area contributed by atoms with Crippen LogP contribution in [0.15, 0.2) is 273 Å². The molecule has 11 aromatic rings. The second-order valence-corrected chi connectivity index (χ2v) is 17.3. The Morgan fingerprint density at radius 2 is 0.313 bits per heavy atom. The molecule has 1 aliphatic carbocycles. The third kappa shape index (κ3) is 6.94. The molecule has 0 heterocycles. The lowest BCUT2D eigenvalue weighted by molar-refractivity contribution is 1.02. The highest BCUT2D eigenvalue weighted by Gasteiger charge is 2.43. The molecule has 0 unspecified atom stereocenters. The zero-order valence-corrected chi connectivity index (χ0v) is 37.1. The van der Waals surface area contributed by atoms with Crippen LogP contribution in [0.5, 0.6) is 0 Å². The lowest BCUT2D eigenvalue weighted by Crippen LogP contribution is -2.07. The topological polar surface area (TPSA) is 0 Å². The van der Waals surface area contributed by atoms with Crippen molar-refractivity contribution in [2.24, 2.45) is 0 Å². The highest BCUT2D eigenvalue weighted by Crippen LogP contribution is 2.66. The summed E-state index contributed by atoms with van der Waals surface area (Å²) in [6, 6.07) is 101. The first-order valence-electron chi connectivity index (χ1n) is 23.3. The fourth-order valence-corrected chi connectivity index (χ4v) is 10.9. The van der Waals surface area contributed by atoms with Gasteiger partial charge in [-0.05, 0) is 117 Å². The standard InChI is InChI=1S/C67H46/c1-10-28-46(29-11-1)55-57(48-32-14-3-15-33-48)61(52-40-22-7-23-41-52)66-64(59(55)50-36-18-5-19-37-50)63(54-44-26-9-27-45-54)65-60(51-38-20-6-21-39-51)56(47-30-12-2-13-31-47)58(49-34-16-4-17-35-49)62(67(65)66)53-42-24-8-25-43-53/h1-45,63H. The summed E-state index contributed by atoms with van der Waals surface area (Å²) in [6.45, 7) is 0. The molecule has 0 aromatic heterocycles. The fraction of sp³-hybridized carbons (Fsp3) is 0.0149. The van der Waals surface area contributed by atoms with Gasteiger partial charge in [-0.2, -0.15) is 0 Å². The highest BCUT2D eigenvalue weighted by atomic mass is 14.5. The van der Waals surface area contributed by atoms with Crippen molar-refractivity contribution in [3.63, 3.8) is 0 Å². The van der Waals surface area contributed by atoms with Crippen molar-refractivity contribution < 1.29 is 0 Å². The predicted molar refractivity (Wildman–Crippen MR) is 283 cm³/mol. The van der Waals surface area contributed by atoms with Crippen LogP contribution < -0.4 is 0 Å². The van der Waals surface area contributed by atoms with Crippen LogP contribution in [0.2, 0.25) is 0 Å². The average Bonchev–Trinajstić information content (AvgIpc) is 3.76. The number of fused-ring (bicyclic) bond motifs is 3. The zero-order chi connectivity index (χ0) is 44.5. The normalized spacial score (nSPS) is 11.8. The summed E-state index contributed by atoms with van der Waals surface area (Å²) >= 11 is 0. The van der Waals surface area contributed by atoms with Crippen molar-refractivity contribution in [2.45, 2.75) is 5.92 Å². The second-order valence-electron chi connectivity index (χ2n) is 17.3. The predicted octanol–water partition coefficient (Wildman–Crippen LogP) is 18.2. The van der Waals surface area contributed by atoms with E-state index in [1.807, 2.05) is 0 Å². The molecule has 0 atom stereocenters. The largest absolute Gasteiger partial charge is 0.0622 e. The molecule has 0 amide bonds. The third-order valence-electron chi connectivity index (χ3n) is 13.5. The van der Waals surface area contributed by atoms with Gasteiger partial charge in [-0.1, -0.05) is 273 Å². The van der Waals surface area contributed by atoms with Gasteiger partial charge in [-0.25, -0.2) is 0 Å². The minimum Gasteiger partial charge on any atom is -0.0622 e. The summed E-state index contributed by atoms with van der Waals surface area (Å²) in [7, 11) is 0. The maximum absolute atomic E-state index is 2.36. The van der Waals surface area contributed by atoms with Gasteiger partial charge in [-0.15, -0.1) is 0 Å². The molecule has 0 bridgehead atoms. The molecular weight excluding hydrogens is 805 g/mol. The summed E-state index contributed by atoms with van der Waals surface area (Å²) in [5.41, 5.74) is 25.8. The van der Waals surface area contributed by atoms with Gasteiger partial charge in [-0.3, -0.25) is 0 Å². The van der Waals surface area contributed by atoms with Crippen molar-refractivity contribution in [2.75, 3.05) is 0 Å². The first-order valence-corrected chi connectivity index (χ1v) is 23.3. The van der Waals surface area contributed by atoms with E-state index in [1.54, 1.807) is 0 Å². The maximum Gasteiger partial charge on any atom is 0.0365 e. The molecule has 11 aromatic carbocycles. The molecule has 0 saturated heterocycles. The highest BCUT2D eigenvalue weighted by molar-refractivity contribution is 6.19. The van der Waals surface area contributed by atoms with E-state index in [-0.39, 0.29) is 5.92 Å². The van der Waals surface area contributed by atoms with Crippen molar-refractivity contribution in [1.29, 1.82) is 0 Å². The van der Waals surface area contributed by atoms with Crippen LogP contribution in [-0.2, 0) is 0 Å². The molecule has 0 saturated carbocycles. The maximum atomic E-state index is 2.36. The van der Waals surface area contributed by atoms with E-state index >= 15 is 0 Å². The van der Waals surface area contributed by atoms with E-state index < -0.39 is 0 Å². The van der Waals surface area contributed by atoms with Crippen molar-refractivity contribution in [3.8, 4) is 100 Å². The summed E-state index contributed by atoms with van der Waals surface area (Å²) in [6.07, 6.45) is 0. The molecule has 0 radical (unpaired) electrons. The summed E-state index contributed by atoms with van der Waals surface area (Å²) in [5.74, 6) is -0.166. The van der Waals surface area contributed by atoms with E-state index in [9.17, 15) is 0 Å². The Labute approximate surface area is 393 Å². The molecule has 0 N–H and O–H groups in total. The van der Waals surface area contributed by atoms with Crippen molar-refractivity contribution in [1.82, 2.24) is 0 Å². The minimum absolute atomic E-state index is 0.166.